The van der Waals surface area contributed by atoms with Crippen LogP contribution in [0.2, 0.25) is 0 Å². The molecule has 2 N–H and O–H groups in total. The largest absolute Gasteiger partial charge is 0.379 e. The summed E-state index contributed by atoms with van der Waals surface area (Å²) >= 11 is 0. The summed E-state index contributed by atoms with van der Waals surface area (Å²) in [5.41, 5.74) is 5.07. The van der Waals surface area contributed by atoms with Gasteiger partial charge in [0.25, 0.3) is 0 Å². The maximum Gasteiger partial charge on any atom is 0.217 e. The van der Waals surface area contributed by atoms with Crippen molar-refractivity contribution in [3.63, 3.8) is 0 Å². The minimum atomic E-state index is -0.231. The highest BCUT2D eigenvalue weighted by atomic mass is 16.6. The summed E-state index contributed by atoms with van der Waals surface area (Å²) in [7, 11) is 0. The van der Waals surface area contributed by atoms with E-state index in [1.165, 1.54) is 25.7 Å². The summed E-state index contributed by atoms with van der Waals surface area (Å²) in [5, 5.41) is 0. The second kappa shape index (κ2) is 21.4. The molecule has 0 atom stereocenters. The van der Waals surface area contributed by atoms with E-state index in [0.29, 0.717) is 52.7 Å². The first-order chi connectivity index (χ1) is 12.3. The van der Waals surface area contributed by atoms with Crippen LogP contribution in [-0.2, 0) is 23.7 Å². The predicted octanol–water partition coefficient (Wildman–Crippen LogP) is 3.07. The van der Waals surface area contributed by atoms with Crippen molar-refractivity contribution in [2.24, 2.45) is 5.73 Å². The van der Waals surface area contributed by atoms with Gasteiger partial charge in [0.1, 0.15) is 0 Å². The van der Waals surface area contributed by atoms with Gasteiger partial charge in [-0.3, -0.25) is 4.79 Å². The molecule has 0 heterocycles. The fraction of sp³-hybridized carbons (Fsp3) is 0.947. The number of rotatable bonds is 21. The number of carbonyl (C=O) groups is 1. The van der Waals surface area contributed by atoms with Gasteiger partial charge in [-0.05, 0) is 19.3 Å². The highest BCUT2D eigenvalue weighted by Crippen LogP contribution is 2.02. The Hall–Kier alpha value is -0.690. The first kappa shape index (κ1) is 24.3. The molecule has 1 amide bonds. The van der Waals surface area contributed by atoms with Gasteiger partial charge in [0, 0.05) is 19.6 Å². The van der Waals surface area contributed by atoms with Crippen LogP contribution in [0.15, 0.2) is 0 Å². The van der Waals surface area contributed by atoms with E-state index in [4.69, 9.17) is 24.7 Å². The monoisotopic (exact) mass is 361 g/mol. The summed E-state index contributed by atoms with van der Waals surface area (Å²) in [5.74, 6) is -0.231. The summed E-state index contributed by atoms with van der Waals surface area (Å²) in [6.45, 7) is 7.40. The quantitative estimate of drug-likeness (QED) is 0.318. The molecular weight excluding hydrogens is 322 g/mol. The van der Waals surface area contributed by atoms with E-state index >= 15 is 0 Å². The van der Waals surface area contributed by atoms with Gasteiger partial charge < -0.3 is 24.7 Å². The Morgan fingerprint density at radius 2 is 1.00 bits per heavy atom. The molecule has 0 aromatic rings. The highest BCUT2D eigenvalue weighted by Gasteiger charge is 1.96. The minimum Gasteiger partial charge on any atom is -0.379 e. The maximum absolute atomic E-state index is 10.5. The average Bonchev–Trinajstić information content (AvgIpc) is 2.60. The lowest BCUT2D eigenvalue weighted by Gasteiger charge is -2.07. The van der Waals surface area contributed by atoms with Gasteiger partial charge >= 0.3 is 0 Å². The lowest BCUT2D eigenvalue weighted by atomic mass is 10.2. The van der Waals surface area contributed by atoms with Gasteiger partial charge in [-0.15, -0.1) is 0 Å². The van der Waals surface area contributed by atoms with E-state index < -0.39 is 0 Å². The smallest absolute Gasteiger partial charge is 0.217 e. The van der Waals surface area contributed by atoms with E-state index in [-0.39, 0.29) is 5.91 Å². The molecule has 0 saturated heterocycles. The van der Waals surface area contributed by atoms with Crippen LogP contribution < -0.4 is 5.73 Å². The van der Waals surface area contributed by atoms with Crippen LogP contribution in [0, 0.1) is 0 Å². The SMILES string of the molecule is CCCCCCCOCCOCCOCCOCCCCCC(N)=O. The summed E-state index contributed by atoms with van der Waals surface area (Å²) in [6, 6.07) is 0. The molecule has 0 aromatic carbocycles. The zero-order chi connectivity index (χ0) is 18.4. The van der Waals surface area contributed by atoms with E-state index in [0.717, 1.165) is 32.3 Å². The third-order valence-electron chi connectivity index (χ3n) is 3.72. The molecule has 6 nitrogen and oxygen atoms in total. The Kier molecular flexibility index (Phi) is 20.8. The number of hydrogen-bond acceptors (Lipinski definition) is 5. The molecule has 0 fully saturated rings. The molecule has 25 heavy (non-hydrogen) atoms. The van der Waals surface area contributed by atoms with Crippen LogP contribution in [-0.4, -0.2) is 58.8 Å². The van der Waals surface area contributed by atoms with E-state index in [1.54, 1.807) is 0 Å². The molecule has 6 heteroatoms. The molecule has 0 aliphatic carbocycles. The zero-order valence-corrected chi connectivity index (χ0v) is 16.1. The number of nitrogens with two attached hydrogens (primary N) is 1. The minimum absolute atomic E-state index is 0.231. The van der Waals surface area contributed by atoms with E-state index in [1.807, 2.05) is 0 Å². The second-order valence-corrected chi connectivity index (χ2v) is 6.14. The lowest BCUT2D eigenvalue weighted by molar-refractivity contribution is -0.118. The van der Waals surface area contributed by atoms with Crippen molar-refractivity contribution >= 4 is 5.91 Å². The molecule has 0 aromatic heterocycles. The van der Waals surface area contributed by atoms with Crippen molar-refractivity contribution in [2.75, 3.05) is 52.9 Å². The zero-order valence-electron chi connectivity index (χ0n) is 16.1. The normalized spacial score (nSPS) is 11.1. The Bertz CT molecular complexity index is 277. The Balaban J connectivity index is 2.97. The fourth-order valence-electron chi connectivity index (χ4n) is 2.25. The molecule has 0 spiro atoms. The van der Waals surface area contributed by atoms with Crippen LogP contribution in [0.5, 0.6) is 0 Å². The first-order valence-electron chi connectivity index (χ1n) is 9.86. The Morgan fingerprint density at radius 1 is 0.600 bits per heavy atom. The van der Waals surface area contributed by atoms with Crippen LogP contribution >= 0.6 is 0 Å². The van der Waals surface area contributed by atoms with Crippen LogP contribution in [0.25, 0.3) is 0 Å². The first-order valence-corrected chi connectivity index (χ1v) is 9.86. The lowest BCUT2D eigenvalue weighted by Crippen LogP contribution is -2.12. The van der Waals surface area contributed by atoms with E-state index in [2.05, 4.69) is 6.92 Å². The van der Waals surface area contributed by atoms with Gasteiger partial charge in [-0.1, -0.05) is 39.0 Å². The Morgan fingerprint density at radius 3 is 1.44 bits per heavy atom. The van der Waals surface area contributed by atoms with Gasteiger partial charge in [-0.2, -0.15) is 0 Å². The number of ether oxygens (including phenoxy) is 4. The Labute approximate surface area is 153 Å². The predicted molar refractivity (Wildman–Crippen MR) is 99.7 cm³/mol. The average molecular weight is 362 g/mol. The van der Waals surface area contributed by atoms with Gasteiger partial charge in [0.15, 0.2) is 0 Å². The summed E-state index contributed by atoms with van der Waals surface area (Å²) in [6.07, 6.45) is 9.56. The van der Waals surface area contributed by atoms with Crippen molar-refractivity contribution in [2.45, 2.75) is 64.7 Å². The van der Waals surface area contributed by atoms with Gasteiger partial charge in [0.05, 0.1) is 39.6 Å². The molecule has 150 valence electrons. The standard InChI is InChI=1S/C19H39NO5/c1-2-3-4-5-8-11-22-13-15-24-17-18-25-16-14-23-12-9-6-7-10-19(20)21/h2-18H2,1H3,(H2,20,21). The van der Waals surface area contributed by atoms with Crippen molar-refractivity contribution < 1.29 is 23.7 Å². The van der Waals surface area contributed by atoms with Gasteiger partial charge in [-0.25, -0.2) is 0 Å². The maximum atomic E-state index is 10.5. The molecule has 0 radical (unpaired) electrons. The van der Waals surface area contributed by atoms with E-state index in [9.17, 15) is 4.79 Å². The van der Waals surface area contributed by atoms with Crippen LogP contribution in [0.1, 0.15) is 64.7 Å². The van der Waals surface area contributed by atoms with Crippen molar-refractivity contribution in [3.8, 4) is 0 Å². The summed E-state index contributed by atoms with van der Waals surface area (Å²) < 4.78 is 21.8. The van der Waals surface area contributed by atoms with Crippen LogP contribution in [0.3, 0.4) is 0 Å². The number of amides is 1. The molecule has 0 saturated carbocycles. The highest BCUT2D eigenvalue weighted by molar-refractivity contribution is 5.73. The second-order valence-electron chi connectivity index (χ2n) is 6.14. The molecular formula is C19H39NO5. The van der Waals surface area contributed by atoms with Crippen LogP contribution in [0.4, 0.5) is 0 Å². The number of carbonyl (C=O) groups excluding carboxylic acids is 1. The molecule has 0 unspecified atom stereocenters. The van der Waals surface area contributed by atoms with Gasteiger partial charge in [0.2, 0.25) is 5.91 Å². The molecule has 0 rings (SSSR count). The number of hydrogen-bond donors (Lipinski definition) is 1. The number of unbranched alkanes of at least 4 members (excludes halogenated alkanes) is 6. The van der Waals surface area contributed by atoms with Crippen molar-refractivity contribution in [1.29, 1.82) is 0 Å². The molecule has 0 aliphatic rings. The third kappa shape index (κ3) is 23.3. The fourth-order valence-corrected chi connectivity index (χ4v) is 2.25. The summed E-state index contributed by atoms with van der Waals surface area (Å²) in [4.78, 5) is 10.5. The third-order valence-corrected chi connectivity index (χ3v) is 3.72. The molecule has 0 aliphatic heterocycles. The number of primary amides is 1. The molecule has 0 bridgehead atoms. The topological polar surface area (TPSA) is 80.0 Å². The van der Waals surface area contributed by atoms with Crippen molar-refractivity contribution in [1.82, 2.24) is 0 Å². The van der Waals surface area contributed by atoms with Crippen molar-refractivity contribution in [3.05, 3.63) is 0 Å².